The van der Waals surface area contributed by atoms with E-state index >= 15 is 0 Å². The van der Waals surface area contributed by atoms with Gasteiger partial charge in [0, 0.05) is 24.2 Å². The molecule has 0 aliphatic heterocycles. The number of carbonyl (C=O) groups is 1. The molecule has 0 unspecified atom stereocenters. The first-order chi connectivity index (χ1) is 9.85. The molecule has 0 bridgehead atoms. The summed E-state index contributed by atoms with van der Waals surface area (Å²) >= 11 is 0. The standard InChI is InChI=1S/C16H20F2O3/c1-10(2)16(20)21-9-12(8-19)6-11(3)14-5-4-13(17)7-15(14)18/h4-5,7,10,12,19H,3,6,8-9H2,1-2H3/t12-/m0/s1. The predicted molar refractivity (Wildman–Crippen MR) is 76.4 cm³/mol. The molecule has 0 fully saturated rings. The molecule has 0 heterocycles. The van der Waals surface area contributed by atoms with Crippen molar-refractivity contribution < 1.29 is 23.4 Å². The van der Waals surface area contributed by atoms with Crippen molar-refractivity contribution in [3.05, 3.63) is 42.0 Å². The summed E-state index contributed by atoms with van der Waals surface area (Å²) in [5.41, 5.74) is 0.622. The van der Waals surface area contributed by atoms with Gasteiger partial charge in [-0.05, 0) is 24.1 Å². The first kappa shape index (κ1) is 17.3. The molecule has 1 rings (SSSR count). The number of ether oxygens (including phenoxy) is 1. The van der Waals surface area contributed by atoms with E-state index in [1.54, 1.807) is 13.8 Å². The fraction of sp³-hybridized carbons (Fsp3) is 0.438. The van der Waals surface area contributed by atoms with Crippen LogP contribution in [0.2, 0.25) is 0 Å². The van der Waals surface area contributed by atoms with E-state index in [2.05, 4.69) is 6.58 Å². The molecule has 1 N–H and O–H groups in total. The quantitative estimate of drug-likeness (QED) is 0.786. The minimum atomic E-state index is -0.698. The maximum absolute atomic E-state index is 13.6. The predicted octanol–water partition coefficient (Wildman–Crippen LogP) is 3.18. The van der Waals surface area contributed by atoms with Crippen molar-refractivity contribution in [1.29, 1.82) is 0 Å². The Labute approximate surface area is 123 Å². The molecule has 0 radical (unpaired) electrons. The fourth-order valence-electron chi connectivity index (χ4n) is 1.78. The van der Waals surface area contributed by atoms with Crippen molar-refractivity contribution >= 4 is 11.5 Å². The number of benzene rings is 1. The number of rotatable bonds is 7. The van der Waals surface area contributed by atoms with E-state index in [1.807, 2.05) is 0 Å². The van der Waals surface area contributed by atoms with Crippen LogP contribution in [0.5, 0.6) is 0 Å². The van der Waals surface area contributed by atoms with Gasteiger partial charge in [-0.15, -0.1) is 0 Å². The van der Waals surface area contributed by atoms with Crippen LogP contribution in [0.15, 0.2) is 24.8 Å². The molecular weight excluding hydrogens is 278 g/mol. The van der Waals surface area contributed by atoms with Crippen molar-refractivity contribution in [2.75, 3.05) is 13.2 Å². The van der Waals surface area contributed by atoms with Gasteiger partial charge < -0.3 is 9.84 Å². The highest BCUT2D eigenvalue weighted by Gasteiger charge is 2.17. The fourth-order valence-corrected chi connectivity index (χ4v) is 1.78. The van der Waals surface area contributed by atoms with E-state index in [0.717, 1.165) is 12.1 Å². The number of aliphatic hydroxyl groups excluding tert-OH is 1. The second-order valence-electron chi connectivity index (χ2n) is 5.27. The van der Waals surface area contributed by atoms with E-state index in [4.69, 9.17) is 4.74 Å². The molecule has 116 valence electrons. The van der Waals surface area contributed by atoms with Gasteiger partial charge >= 0.3 is 5.97 Å². The van der Waals surface area contributed by atoms with Crippen LogP contribution in [0.3, 0.4) is 0 Å². The van der Waals surface area contributed by atoms with Crippen molar-refractivity contribution in [1.82, 2.24) is 0 Å². The Morgan fingerprint density at radius 2 is 2.05 bits per heavy atom. The average Bonchev–Trinajstić information content (AvgIpc) is 2.42. The van der Waals surface area contributed by atoms with E-state index in [-0.39, 0.29) is 43.0 Å². The molecule has 5 heteroatoms. The third-order valence-corrected chi connectivity index (χ3v) is 3.04. The van der Waals surface area contributed by atoms with Crippen molar-refractivity contribution in [3.63, 3.8) is 0 Å². The summed E-state index contributed by atoms with van der Waals surface area (Å²) in [7, 11) is 0. The van der Waals surface area contributed by atoms with Gasteiger partial charge in [0.25, 0.3) is 0 Å². The summed E-state index contributed by atoms with van der Waals surface area (Å²) in [4.78, 5) is 11.4. The molecule has 21 heavy (non-hydrogen) atoms. The highest BCUT2D eigenvalue weighted by atomic mass is 19.1. The monoisotopic (exact) mass is 298 g/mol. The Morgan fingerprint density at radius 1 is 1.38 bits per heavy atom. The van der Waals surface area contributed by atoms with E-state index in [0.29, 0.717) is 5.57 Å². The van der Waals surface area contributed by atoms with Crippen molar-refractivity contribution in [2.24, 2.45) is 11.8 Å². The number of halogens is 2. The van der Waals surface area contributed by atoms with Gasteiger partial charge in [0.1, 0.15) is 11.6 Å². The number of esters is 1. The van der Waals surface area contributed by atoms with Gasteiger partial charge in [-0.25, -0.2) is 8.78 Å². The third-order valence-electron chi connectivity index (χ3n) is 3.04. The van der Waals surface area contributed by atoms with Crippen LogP contribution >= 0.6 is 0 Å². The molecular formula is C16H20F2O3. The van der Waals surface area contributed by atoms with Crippen LogP contribution in [-0.4, -0.2) is 24.3 Å². The second kappa shape index (κ2) is 7.88. The molecule has 0 spiro atoms. The van der Waals surface area contributed by atoms with E-state index < -0.39 is 11.6 Å². The zero-order valence-electron chi connectivity index (χ0n) is 12.2. The van der Waals surface area contributed by atoms with Crippen LogP contribution < -0.4 is 0 Å². The molecule has 0 saturated carbocycles. The Bertz CT molecular complexity index is 512. The van der Waals surface area contributed by atoms with Gasteiger partial charge in [0.05, 0.1) is 12.5 Å². The Hall–Kier alpha value is -1.75. The third kappa shape index (κ3) is 5.27. The molecule has 0 aliphatic rings. The normalized spacial score (nSPS) is 12.3. The molecule has 0 saturated heterocycles. The Morgan fingerprint density at radius 3 is 2.57 bits per heavy atom. The minimum absolute atomic E-state index is 0.0371. The highest BCUT2D eigenvalue weighted by Crippen LogP contribution is 2.24. The van der Waals surface area contributed by atoms with Crippen LogP contribution in [0.25, 0.3) is 5.57 Å². The molecule has 0 aromatic heterocycles. The molecule has 1 aromatic carbocycles. The zero-order valence-corrected chi connectivity index (χ0v) is 12.2. The lowest BCUT2D eigenvalue weighted by atomic mass is 9.96. The summed E-state index contributed by atoms with van der Waals surface area (Å²) in [6.07, 6.45) is 0.254. The zero-order chi connectivity index (χ0) is 16.0. The maximum atomic E-state index is 13.6. The summed E-state index contributed by atoms with van der Waals surface area (Å²) in [5.74, 6) is -2.33. The van der Waals surface area contributed by atoms with Crippen molar-refractivity contribution in [2.45, 2.75) is 20.3 Å². The molecule has 0 aliphatic carbocycles. The summed E-state index contributed by atoms with van der Waals surface area (Å²) in [6, 6.07) is 3.24. The number of hydrogen-bond donors (Lipinski definition) is 1. The van der Waals surface area contributed by atoms with Gasteiger partial charge in [0.2, 0.25) is 0 Å². The highest BCUT2D eigenvalue weighted by molar-refractivity contribution is 5.71. The Balaban J connectivity index is 2.64. The van der Waals surface area contributed by atoms with Crippen molar-refractivity contribution in [3.8, 4) is 0 Å². The number of carbonyl (C=O) groups excluding carboxylic acids is 1. The summed E-state index contributed by atoms with van der Waals surface area (Å²) in [6.45, 7) is 7.00. The lowest BCUT2D eigenvalue weighted by Crippen LogP contribution is -2.20. The van der Waals surface area contributed by atoms with Gasteiger partial charge in [-0.2, -0.15) is 0 Å². The van der Waals surface area contributed by atoms with Gasteiger partial charge in [-0.3, -0.25) is 4.79 Å². The summed E-state index contributed by atoms with van der Waals surface area (Å²) < 4.78 is 31.5. The van der Waals surface area contributed by atoms with Crippen LogP contribution in [0.1, 0.15) is 25.8 Å². The lowest BCUT2D eigenvalue weighted by Gasteiger charge is -2.17. The number of allylic oxidation sites excluding steroid dienone is 1. The number of hydrogen-bond acceptors (Lipinski definition) is 3. The lowest BCUT2D eigenvalue weighted by molar-refractivity contribution is -0.149. The smallest absolute Gasteiger partial charge is 0.308 e. The molecule has 1 atom stereocenters. The second-order valence-corrected chi connectivity index (χ2v) is 5.27. The minimum Gasteiger partial charge on any atom is -0.465 e. The molecule has 3 nitrogen and oxygen atoms in total. The molecule has 0 amide bonds. The first-order valence-corrected chi connectivity index (χ1v) is 6.75. The Kier molecular flexibility index (Phi) is 6.49. The van der Waals surface area contributed by atoms with E-state index in [1.165, 1.54) is 6.07 Å². The van der Waals surface area contributed by atoms with Gasteiger partial charge in [-0.1, -0.05) is 20.4 Å². The van der Waals surface area contributed by atoms with Crippen LogP contribution in [-0.2, 0) is 9.53 Å². The average molecular weight is 298 g/mol. The van der Waals surface area contributed by atoms with Gasteiger partial charge in [0.15, 0.2) is 0 Å². The van der Waals surface area contributed by atoms with Crippen LogP contribution in [0.4, 0.5) is 8.78 Å². The SMILES string of the molecule is C=C(C[C@@H](CO)COC(=O)C(C)C)c1ccc(F)cc1F. The maximum Gasteiger partial charge on any atom is 0.308 e. The topological polar surface area (TPSA) is 46.5 Å². The largest absolute Gasteiger partial charge is 0.465 e. The first-order valence-electron chi connectivity index (χ1n) is 6.75. The van der Waals surface area contributed by atoms with Crippen LogP contribution in [0, 0.1) is 23.5 Å². The summed E-state index contributed by atoms with van der Waals surface area (Å²) in [5, 5.41) is 9.30. The molecule has 1 aromatic rings. The van der Waals surface area contributed by atoms with E-state index in [9.17, 15) is 18.7 Å². The number of aliphatic hydroxyl groups is 1.